The van der Waals surface area contributed by atoms with Crippen molar-refractivity contribution >= 4 is 17.9 Å². The quantitative estimate of drug-likeness (QED) is 0.483. The molecule has 13 heteroatoms. The maximum atomic E-state index is 12.9. The molecule has 0 fully saturated rings. The average Bonchev–Trinajstić information content (AvgIpc) is 2.46. The van der Waals surface area contributed by atoms with E-state index in [9.17, 15) is 45.1 Å². The van der Waals surface area contributed by atoms with Gasteiger partial charge in [0.25, 0.3) is 0 Å². The van der Waals surface area contributed by atoms with Crippen LogP contribution in [0.1, 0.15) is 20.8 Å². The highest BCUT2D eigenvalue weighted by Crippen LogP contribution is 2.46. The van der Waals surface area contributed by atoms with Crippen LogP contribution in [-0.4, -0.2) is 55.7 Å². The second-order valence-corrected chi connectivity index (χ2v) is 5.97. The van der Waals surface area contributed by atoms with Crippen LogP contribution in [0.25, 0.3) is 0 Å². The fourth-order valence-electron chi connectivity index (χ4n) is 1.03. The number of hydrogen-bond donors (Lipinski definition) is 0. The topological polar surface area (TPSA) is 78.9 Å². The van der Waals surface area contributed by atoms with Gasteiger partial charge in [-0.15, -0.1) is 0 Å². The van der Waals surface area contributed by atoms with Crippen LogP contribution >= 0.6 is 0 Å². The summed E-state index contributed by atoms with van der Waals surface area (Å²) in [6.07, 6.45) is -8.66. The van der Waals surface area contributed by atoms with E-state index in [-0.39, 0.29) is 0 Å². The Bertz CT molecular complexity index is 536. The third-order valence-corrected chi connectivity index (χ3v) is 2.51. The molecule has 0 aromatic rings. The number of hydrogen-bond acceptors (Lipinski definition) is 6. The van der Waals surface area contributed by atoms with E-state index in [1.165, 1.54) is 20.8 Å². The normalized spacial score (nSPS) is 13.2. The van der Waals surface area contributed by atoms with Crippen LogP contribution in [0.5, 0.6) is 0 Å². The fraction of sp³-hybridized carbons (Fsp3) is 0.769. The Morgan fingerprint density at radius 3 is 1.65 bits per heavy atom. The number of ether oxygens (including phenoxy) is 3. The predicted molar refractivity (Wildman–Crippen MR) is 68.7 cm³/mol. The summed E-state index contributed by atoms with van der Waals surface area (Å²) in [6, 6.07) is 0. The van der Waals surface area contributed by atoms with Crippen molar-refractivity contribution < 1.29 is 59.3 Å². The molecule has 6 nitrogen and oxygen atoms in total. The Balaban J connectivity index is 4.40. The van der Waals surface area contributed by atoms with Crippen molar-refractivity contribution in [1.29, 1.82) is 0 Å². The molecule has 0 atom stereocenters. The highest BCUT2D eigenvalue weighted by molar-refractivity contribution is 5.85. The molecule has 152 valence electrons. The molecule has 0 heterocycles. The van der Waals surface area contributed by atoms with Gasteiger partial charge in [0.15, 0.2) is 19.8 Å². The van der Waals surface area contributed by atoms with Crippen LogP contribution in [0.4, 0.5) is 35.5 Å². The van der Waals surface area contributed by atoms with Crippen molar-refractivity contribution in [2.75, 3.05) is 19.8 Å². The van der Waals surface area contributed by atoms with Gasteiger partial charge in [0, 0.05) is 0 Å². The Labute approximate surface area is 142 Å². The van der Waals surface area contributed by atoms with E-state index in [2.05, 4.69) is 14.2 Å². The van der Waals surface area contributed by atoms with Gasteiger partial charge in [0.1, 0.15) is 0 Å². The lowest BCUT2D eigenvalue weighted by Gasteiger charge is -2.27. The Morgan fingerprint density at radius 1 is 0.769 bits per heavy atom. The number of esters is 1. The third kappa shape index (κ3) is 6.67. The van der Waals surface area contributed by atoms with E-state index in [0.717, 1.165) is 0 Å². The molecule has 0 saturated carbocycles. The van der Waals surface area contributed by atoms with E-state index < -0.39 is 61.2 Å². The molecule has 0 aliphatic rings. The second kappa shape index (κ2) is 8.08. The number of carbonyl (C=O) groups excluding carboxylic acids is 3. The van der Waals surface area contributed by atoms with Crippen LogP contribution in [0.15, 0.2) is 0 Å². The van der Waals surface area contributed by atoms with Crippen molar-refractivity contribution in [3.8, 4) is 0 Å². The minimum absolute atomic E-state index is 0.776. The van der Waals surface area contributed by atoms with Crippen LogP contribution in [0.3, 0.4) is 0 Å². The van der Waals surface area contributed by atoms with Gasteiger partial charge < -0.3 is 14.2 Å². The van der Waals surface area contributed by atoms with E-state index in [1.54, 1.807) is 0 Å². The molecule has 0 N–H and O–H groups in total. The largest absolute Gasteiger partial charge is 0.508 e. The summed E-state index contributed by atoms with van der Waals surface area (Å²) >= 11 is 0. The molecule has 0 aromatic heterocycles. The van der Waals surface area contributed by atoms with Gasteiger partial charge in [-0.2, -0.15) is 30.7 Å². The summed E-state index contributed by atoms with van der Waals surface area (Å²) < 4.78 is 98.3. The zero-order chi connectivity index (χ0) is 21.0. The lowest BCUT2D eigenvalue weighted by Crippen LogP contribution is -2.54. The van der Waals surface area contributed by atoms with Gasteiger partial charge in [-0.1, -0.05) is 0 Å². The Morgan fingerprint density at radius 2 is 1.23 bits per heavy atom. The van der Waals surface area contributed by atoms with Gasteiger partial charge in [0.05, 0.1) is 5.41 Å². The molecular weight excluding hydrogens is 385 g/mol. The molecule has 0 bridgehead atoms. The maximum absolute atomic E-state index is 12.9. The molecule has 0 aliphatic carbocycles. The van der Waals surface area contributed by atoms with E-state index in [0.29, 0.717) is 0 Å². The van der Waals surface area contributed by atoms with Crippen LogP contribution in [0, 0.1) is 5.41 Å². The lowest BCUT2D eigenvalue weighted by molar-refractivity contribution is -0.359. The van der Waals surface area contributed by atoms with Crippen molar-refractivity contribution in [2.45, 2.75) is 38.8 Å². The van der Waals surface area contributed by atoms with Gasteiger partial charge in [0.2, 0.25) is 5.78 Å². The number of Topliss-reactive ketones (excluding diaryl/α,β-unsaturated/α-hetero) is 1. The minimum atomic E-state index is -6.57. The zero-order valence-corrected chi connectivity index (χ0v) is 13.7. The summed E-state index contributed by atoms with van der Waals surface area (Å²) in [5.41, 5.74) is -0.935. The van der Waals surface area contributed by atoms with Gasteiger partial charge >= 0.3 is 30.1 Å². The highest BCUT2D eigenvalue weighted by atomic mass is 19.4. The molecule has 0 saturated heterocycles. The first-order valence-electron chi connectivity index (χ1n) is 6.72. The number of halogens is 7. The number of alkyl halides is 7. The first kappa shape index (κ1) is 23.9. The SMILES string of the molecule is CC(C)(C)C(=O)OCC(=O)COC(=O)OCC(F)(F)C(F)(F)C(F)(F)F. The van der Waals surface area contributed by atoms with Crippen molar-refractivity contribution in [1.82, 2.24) is 0 Å². The number of ketones is 1. The molecule has 0 rings (SSSR count). The number of carbonyl (C=O) groups is 3. The second-order valence-electron chi connectivity index (χ2n) is 5.97. The smallest absolute Gasteiger partial charge is 0.457 e. The van der Waals surface area contributed by atoms with E-state index in [1.807, 2.05) is 0 Å². The molecule has 0 radical (unpaired) electrons. The Kier molecular flexibility index (Phi) is 7.43. The van der Waals surface area contributed by atoms with Crippen molar-refractivity contribution in [3.63, 3.8) is 0 Å². The molecule has 0 amide bonds. The molecule has 0 spiro atoms. The molecule has 0 aromatic carbocycles. The van der Waals surface area contributed by atoms with Crippen LogP contribution < -0.4 is 0 Å². The van der Waals surface area contributed by atoms with Crippen molar-refractivity contribution in [2.24, 2.45) is 5.41 Å². The Hall–Kier alpha value is -2.08. The fourth-order valence-corrected chi connectivity index (χ4v) is 1.03. The zero-order valence-electron chi connectivity index (χ0n) is 13.7. The first-order valence-corrected chi connectivity index (χ1v) is 6.72. The predicted octanol–water partition coefficient (Wildman–Crippen LogP) is 3.13. The summed E-state index contributed by atoms with van der Waals surface area (Å²) in [6.45, 7) is -0.186. The van der Waals surface area contributed by atoms with Gasteiger partial charge in [-0.3, -0.25) is 9.59 Å². The van der Waals surface area contributed by atoms with E-state index in [4.69, 9.17) is 0 Å². The average molecular weight is 400 g/mol. The highest BCUT2D eigenvalue weighted by Gasteiger charge is 2.73. The molecule has 0 aliphatic heterocycles. The first-order chi connectivity index (χ1) is 11.4. The summed E-state index contributed by atoms with van der Waals surface area (Å²) in [5.74, 6) is -14.0. The van der Waals surface area contributed by atoms with Crippen LogP contribution in [0.2, 0.25) is 0 Å². The summed E-state index contributed by atoms with van der Waals surface area (Å²) in [7, 11) is 0. The molecule has 26 heavy (non-hydrogen) atoms. The summed E-state index contributed by atoms with van der Waals surface area (Å²) in [4.78, 5) is 33.5. The van der Waals surface area contributed by atoms with Crippen molar-refractivity contribution in [3.05, 3.63) is 0 Å². The monoisotopic (exact) mass is 400 g/mol. The standard InChI is InChI=1S/C13H15F7O6/c1-10(2,3)8(22)24-4-7(21)5-25-9(23)26-6-11(14,15)12(16,17)13(18,19)20/h4-6H2,1-3H3. The van der Waals surface area contributed by atoms with E-state index >= 15 is 0 Å². The molecular formula is C13H15F7O6. The maximum Gasteiger partial charge on any atom is 0.508 e. The van der Waals surface area contributed by atoms with Gasteiger partial charge in [-0.05, 0) is 20.8 Å². The molecule has 0 unspecified atom stereocenters. The van der Waals surface area contributed by atoms with Crippen LogP contribution in [-0.2, 0) is 23.8 Å². The summed E-state index contributed by atoms with van der Waals surface area (Å²) in [5, 5.41) is 0. The third-order valence-electron chi connectivity index (χ3n) is 2.51. The lowest BCUT2D eigenvalue weighted by atomic mass is 9.97. The minimum Gasteiger partial charge on any atom is -0.457 e. The number of rotatable bonds is 7. The van der Waals surface area contributed by atoms with Gasteiger partial charge in [-0.25, -0.2) is 4.79 Å².